The van der Waals surface area contributed by atoms with Gasteiger partial charge in [-0.15, -0.1) is 0 Å². The molecule has 0 aliphatic rings. The lowest BCUT2D eigenvalue weighted by Crippen LogP contribution is -2.63. The van der Waals surface area contributed by atoms with Crippen LogP contribution in [0.4, 0.5) is 0 Å². The lowest BCUT2D eigenvalue weighted by molar-refractivity contribution is -0.403. The summed E-state index contributed by atoms with van der Waals surface area (Å²) in [6, 6.07) is -0.257. The van der Waals surface area contributed by atoms with E-state index in [0.717, 1.165) is 0 Å². The lowest BCUT2D eigenvalue weighted by Gasteiger charge is -2.07. The summed E-state index contributed by atoms with van der Waals surface area (Å²) in [7, 11) is 0. The van der Waals surface area contributed by atoms with E-state index < -0.39 is 0 Å². The van der Waals surface area contributed by atoms with Crippen molar-refractivity contribution in [1.82, 2.24) is 0 Å². The number of hydrogen-bond donors (Lipinski definition) is 1. The Morgan fingerprint density at radius 2 is 1.89 bits per heavy atom. The molecule has 0 saturated carbocycles. The Hall–Kier alpha value is -0.570. The van der Waals surface area contributed by atoms with Crippen molar-refractivity contribution in [3.63, 3.8) is 0 Å². The van der Waals surface area contributed by atoms with Crippen molar-refractivity contribution < 1.29 is 15.3 Å². The van der Waals surface area contributed by atoms with Gasteiger partial charge in [-0.1, -0.05) is 0 Å². The van der Waals surface area contributed by atoms with Crippen molar-refractivity contribution in [3.05, 3.63) is 0 Å². The standard InChI is InChI=1S/C6H13NO2/c1-4(2)9-6(8)5(3)7/h4-5H,7H2,1-3H3/p+1. The summed E-state index contributed by atoms with van der Waals surface area (Å²) < 4.78 is 4.81. The van der Waals surface area contributed by atoms with Gasteiger partial charge in [-0.25, -0.2) is 4.79 Å². The molecule has 0 amide bonds. The summed E-state index contributed by atoms with van der Waals surface area (Å²) in [5, 5.41) is 0. The molecule has 0 aromatic heterocycles. The molecule has 0 bridgehead atoms. The molecule has 0 rings (SSSR count). The molecule has 1 unspecified atom stereocenters. The van der Waals surface area contributed by atoms with Crippen LogP contribution in [-0.4, -0.2) is 18.1 Å². The van der Waals surface area contributed by atoms with Gasteiger partial charge in [-0.05, 0) is 20.8 Å². The van der Waals surface area contributed by atoms with Crippen LogP contribution < -0.4 is 5.73 Å². The molecule has 3 N–H and O–H groups in total. The van der Waals surface area contributed by atoms with Crippen molar-refractivity contribution in [2.24, 2.45) is 0 Å². The largest absolute Gasteiger partial charge is 0.459 e. The van der Waals surface area contributed by atoms with Crippen LogP contribution in [0.15, 0.2) is 0 Å². The van der Waals surface area contributed by atoms with Crippen LogP contribution in [0.1, 0.15) is 20.8 Å². The van der Waals surface area contributed by atoms with Gasteiger partial charge >= 0.3 is 5.97 Å². The van der Waals surface area contributed by atoms with E-state index in [1.165, 1.54) is 0 Å². The Balaban J connectivity index is 3.51. The highest BCUT2D eigenvalue weighted by molar-refractivity contribution is 5.73. The molecule has 0 fully saturated rings. The van der Waals surface area contributed by atoms with E-state index in [1.54, 1.807) is 6.92 Å². The van der Waals surface area contributed by atoms with E-state index >= 15 is 0 Å². The number of ether oxygens (including phenoxy) is 1. The maximum absolute atomic E-state index is 10.7. The fourth-order valence-electron chi connectivity index (χ4n) is 0.348. The number of carbonyl (C=O) groups excluding carboxylic acids is 1. The van der Waals surface area contributed by atoms with Gasteiger partial charge in [0.2, 0.25) is 0 Å². The van der Waals surface area contributed by atoms with E-state index in [9.17, 15) is 4.79 Å². The zero-order valence-electron chi connectivity index (χ0n) is 6.18. The first-order chi connectivity index (χ1) is 4.04. The average Bonchev–Trinajstić information content (AvgIpc) is 1.63. The predicted molar refractivity (Wildman–Crippen MR) is 33.6 cm³/mol. The molecule has 0 aliphatic heterocycles. The van der Waals surface area contributed by atoms with Crippen molar-refractivity contribution >= 4 is 5.97 Å². The molecule has 3 heteroatoms. The second kappa shape index (κ2) is 3.45. The van der Waals surface area contributed by atoms with Crippen LogP contribution in [0.2, 0.25) is 0 Å². The van der Waals surface area contributed by atoms with Crippen LogP contribution in [0.5, 0.6) is 0 Å². The van der Waals surface area contributed by atoms with Gasteiger partial charge in [0.25, 0.3) is 0 Å². The molecule has 0 aromatic carbocycles. The third-order valence-corrected chi connectivity index (χ3v) is 0.754. The molecule has 0 radical (unpaired) electrons. The minimum atomic E-state index is -0.257. The molecule has 1 atom stereocenters. The van der Waals surface area contributed by atoms with Crippen LogP contribution in [0.3, 0.4) is 0 Å². The summed E-state index contributed by atoms with van der Waals surface area (Å²) in [5.41, 5.74) is 3.52. The van der Waals surface area contributed by atoms with Crippen LogP contribution in [0, 0.1) is 0 Å². The number of quaternary nitrogens is 1. The summed E-state index contributed by atoms with van der Waals surface area (Å²) >= 11 is 0. The zero-order valence-corrected chi connectivity index (χ0v) is 6.18. The Morgan fingerprint density at radius 1 is 1.44 bits per heavy atom. The molecule has 3 nitrogen and oxygen atoms in total. The summed E-state index contributed by atoms with van der Waals surface area (Å²) in [5.74, 6) is -0.231. The Bertz CT molecular complexity index is 99.2. The van der Waals surface area contributed by atoms with Gasteiger partial charge in [0.15, 0.2) is 6.04 Å². The Morgan fingerprint density at radius 3 is 2.00 bits per heavy atom. The zero-order chi connectivity index (χ0) is 7.44. The van der Waals surface area contributed by atoms with Crippen LogP contribution in [0.25, 0.3) is 0 Å². The van der Waals surface area contributed by atoms with E-state index in [1.807, 2.05) is 13.8 Å². The predicted octanol–water partition coefficient (Wildman–Crippen LogP) is -0.432. The first-order valence-corrected chi connectivity index (χ1v) is 3.07. The first-order valence-electron chi connectivity index (χ1n) is 3.07. The smallest absolute Gasteiger partial charge is 0.364 e. The monoisotopic (exact) mass is 132 g/mol. The molecular formula is C6H14NO2+. The van der Waals surface area contributed by atoms with Crippen molar-refractivity contribution in [2.45, 2.75) is 32.9 Å². The van der Waals surface area contributed by atoms with Gasteiger partial charge in [0, 0.05) is 0 Å². The summed E-state index contributed by atoms with van der Waals surface area (Å²) in [6.07, 6.45) is -0.0262. The Labute approximate surface area is 55.2 Å². The second-order valence-electron chi connectivity index (χ2n) is 2.39. The highest BCUT2D eigenvalue weighted by Gasteiger charge is 2.12. The molecular weight excluding hydrogens is 118 g/mol. The van der Waals surface area contributed by atoms with Crippen LogP contribution in [-0.2, 0) is 9.53 Å². The third-order valence-electron chi connectivity index (χ3n) is 0.754. The van der Waals surface area contributed by atoms with Crippen molar-refractivity contribution in [3.8, 4) is 0 Å². The fraction of sp³-hybridized carbons (Fsp3) is 0.833. The number of rotatable bonds is 2. The highest BCUT2D eigenvalue weighted by atomic mass is 16.5. The van der Waals surface area contributed by atoms with E-state index in [-0.39, 0.29) is 18.1 Å². The maximum Gasteiger partial charge on any atom is 0.364 e. The first kappa shape index (κ1) is 8.43. The van der Waals surface area contributed by atoms with Gasteiger partial charge in [-0.3, -0.25) is 0 Å². The second-order valence-corrected chi connectivity index (χ2v) is 2.39. The average molecular weight is 132 g/mol. The SMILES string of the molecule is CC(C)OC(=O)C(C)[NH3+]. The molecule has 0 heterocycles. The number of esters is 1. The van der Waals surface area contributed by atoms with Crippen LogP contribution >= 0.6 is 0 Å². The van der Waals surface area contributed by atoms with Gasteiger partial charge in [0.05, 0.1) is 6.10 Å². The highest BCUT2D eigenvalue weighted by Crippen LogP contribution is 1.89. The van der Waals surface area contributed by atoms with Gasteiger partial charge < -0.3 is 10.5 Å². The van der Waals surface area contributed by atoms with Gasteiger partial charge in [-0.2, -0.15) is 0 Å². The lowest BCUT2D eigenvalue weighted by atomic mass is 10.4. The summed E-state index contributed by atoms with van der Waals surface area (Å²) in [4.78, 5) is 10.7. The van der Waals surface area contributed by atoms with E-state index in [4.69, 9.17) is 4.74 Å². The molecule has 0 spiro atoms. The van der Waals surface area contributed by atoms with Crippen molar-refractivity contribution in [2.75, 3.05) is 0 Å². The topological polar surface area (TPSA) is 53.9 Å². The minimum absolute atomic E-state index is 0.0262. The van der Waals surface area contributed by atoms with E-state index in [2.05, 4.69) is 5.73 Å². The quantitative estimate of drug-likeness (QED) is 0.518. The number of carbonyl (C=O) groups is 1. The minimum Gasteiger partial charge on any atom is -0.459 e. The molecule has 54 valence electrons. The fourth-order valence-corrected chi connectivity index (χ4v) is 0.348. The number of hydrogen-bond acceptors (Lipinski definition) is 2. The van der Waals surface area contributed by atoms with E-state index in [0.29, 0.717) is 0 Å². The molecule has 0 aromatic rings. The van der Waals surface area contributed by atoms with Crippen molar-refractivity contribution in [1.29, 1.82) is 0 Å². The molecule has 9 heavy (non-hydrogen) atoms. The normalized spacial score (nSPS) is 13.4. The molecule has 0 aliphatic carbocycles. The maximum atomic E-state index is 10.7. The molecule has 0 saturated heterocycles. The third kappa shape index (κ3) is 3.97. The summed E-state index contributed by atoms with van der Waals surface area (Å²) in [6.45, 7) is 5.35. The van der Waals surface area contributed by atoms with Gasteiger partial charge in [0.1, 0.15) is 0 Å². The Kier molecular flexibility index (Phi) is 3.24.